The van der Waals surface area contributed by atoms with Crippen LogP contribution in [0.25, 0.3) is 0 Å². The summed E-state index contributed by atoms with van der Waals surface area (Å²) in [5, 5.41) is 3.39. The van der Waals surface area contributed by atoms with E-state index in [4.69, 9.17) is 0 Å². The van der Waals surface area contributed by atoms with E-state index in [2.05, 4.69) is 26.1 Å². The zero-order valence-corrected chi connectivity index (χ0v) is 13.1. The topological polar surface area (TPSA) is 32.3 Å². The summed E-state index contributed by atoms with van der Waals surface area (Å²) in [6.45, 7) is 2.90. The molecule has 5 heteroatoms. The fraction of sp³-hybridized carbons (Fsp3) is 0.500. The molecule has 2 heterocycles. The van der Waals surface area contributed by atoms with Crippen molar-refractivity contribution in [2.75, 3.05) is 25.4 Å². The van der Waals surface area contributed by atoms with Crippen molar-refractivity contribution >= 4 is 33.6 Å². The summed E-state index contributed by atoms with van der Waals surface area (Å²) in [5.74, 6) is 1.24. The Kier molecular flexibility index (Phi) is 3.87. The van der Waals surface area contributed by atoms with Gasteiger partial charge in [0, 0.05) is 22.3 Å². The summed E-state index contributed by atoms with van der Waals surface area (Å²) in [6, 6.07) is 7.69. The molecule has 2 saturated heterocycles. The van der Waals surface area contributed by atoms with E-state index < -0.39 is 0 Å². The highest BCUT2D eigenvalue weighted by atomic mass is 79.9. The maximum Gasteiger partial charge on any atom is 0.254 e. The summed E-state index contributed by atoms with van der Waals surface area (Å²) < 4.78 is 1.01. The van der Waals surface area contributed by atoms with Gasteiger partial charge >= 0.3 is 0 Å². The third-order valence-electron chi connectivity index (χ3n) is 3.90. The van der Waals surface area contributed by atoms with Crippen molar-refractivity contribution in [3.8, 4) is 0 Å². The standard InChI is InChI=1S/C14H17BrN2OS/c15-12-3-1-11(2-4-12)13(18)17-9-10-19-14(17)5-7-16-8-6-14/h1-4,16H,5-10H2. The van der Waals surface area contributed by atoms with E-state index in [0.29, 0.717) is 0 Å². The molecule has 1 amide bonds. The Hall–Kier alpha value is -0.520. The smallest absolute Gasteiger partial charge is 0.254 e. The molecule has 1 aromatic rings. The van der Waals surface area contributed by atoms with Crippen LogP contribution in [0.3, 0.4) is 0 Å². The predicted octanol–water partition coefficient (Wildman–Crippen LogP) is 2.72. The number of piperidine rings is 1. The maximum atomic E-state index is 12.7. The molecule has 0 unspecified atom stereocenters. The Labute approximate surface area is 126 Å². The zero-order valence-electron chi connectivity index (χ0n) is 10.7. The molecule has 0 aliphatic carbocycles. The van der Waals surface area contributed by atoms with Gasteiger partial charge in [0.25, 0.3) is 5.91 Å². The van der Waals surface area contributed by atoms with E-state index >= 15 is 0 Å². The molecule has 3 rings (SSSR count). The number of benzene rings is 1. The first kappa shape index (κ1) is 13.5. The summed E-state index contributed by atoms with van der Waals surface area (Å²) in [7, 11) is 0. The molecule has 0 bridgehead atoms. The van der Waals surface area contributed by atoms with Crippen molar-refractivity contribution < 1.29 is 4.79 Å². The minimum Gasteiger partial charge on any atom is -0.323 e. The number of hydrogen-bond donors (Lipinski definition) is 1. The van der Waals surface area contributed by atoms with Crippen LogP contribution in [0.1, 0.15) is 23.2 Å². The van der Waals surface area contributed by atoms with Crippen molar-refractivity contribution in [1.29, 1.82) is 0 Å². The lowest BCUT2D eigenvalue weighted by atomic mass is 10.0. The number of hydrogen-bond acceptors (Lipinski definition) is 3. The van der Waals surface area contributed by atoms with Crippen LogP contribution in [-0.2, 0) is 0 Å². The number of halogens is 1. The fourth-order valence-electron chi connectivity index (χ4n) is 2.88. The first-order valence-corrected chi connectivity index (χ1v) is 8.41. The van der Waals surface area contributed by atoms with Crippen LogP contribution < -0.4 is 5.32 Å². The normalized spacial score (nSPS) is 21.8. The van der Waals surface area contributed by atoms with Crippen molar-refractivity contribution in [2.45, 2.75) is 17.7 Å². The SMILES string of the molecule is O=C(c1ccc(Br)cc1)N1CCSC12CCNCC2. The van der Waals surface area contributed by atoms with Crippen molar-refractivity contribution in [1.82, 2.24) is 10.2 Å². The molecule has 0 atom stereocenters. The Balaban J connectivity index is 1.84. The number of carbonyl (C=O) groups is 1. The second-order valence-corrected chi connectivity index (χ2v) is 7.38. The molecule has 3 nitrogen and oxygen atoms in total. The van der Waals surface area contributed by atoms with E-state index in [9.17, 15) is 4.79 Å². The number of carbonyl (C=O) groups excluding carboxylic acids is 1. The highest BCUT2D eigenvalue weighted by molar-refractivity contribution is 9.10. The number of rotatable bonds is 1. The van der Waals surface area contributed by atoms with Crippen molar-refractivity contribution in [3.63, 3.8) is 0 Å². The predicted molar refractivity (Wildman–Crippen MR) is 82.5 cm³/mol. The van der Waals surface area contributed by atoms with Gasteiger partial charge in [-0.2, -0.15) is 0 Å². The van der Waals surface area contributed by atoms with E-state index in [0.717, 1.165) is 48.3 Å². The van der Waals surface area contributed by atoms with Gasteiger partial charge in [0.05, 0.1) is 4.87 Å². The van der Waals surface area contributed by atoms with Crippen LogP contribution in [0, 0.1) is 0 Å². The van der Waals surface area contributed by atoms with Crippen molar-refractivity contribution in [2.24, 2.45) is 0 Å². The third kappa shape index (κ3) is 2.56. The molecular formula is C14H17BrN2OS. The molecule has 1 spiro atoms. The van der Waals surface area contributed by atoms with Gasteiger partial charge in [-0.05, 0) is 50.2 Å². The Bertz CT molecular complexity index is 471. The third-order valence-corrected chi connectivity index (χ3v) is 5.98. The second kappa shape index (κ2) is 5.46. The Morgan fingerprint density at radius 3 is 2.63 bits per heavy atom. The Morgan fingerprint density at radius 1 is 1.26 bits per heavy atom. The summed E-state index contributed by atoms with van der Waals surface area (Å²) in [4.78, 5) is 14.8. The molecule has 1 aromatic carbocycles. The average Bonchev–Trinajstić information content (AvgIpc) is 2.83. The van der Waals surface area contributed by atoms with Crippen LogP contribution in [-0.4, -0.2) is 41.1 Å². The molecule has 2 aliphatic rings. The minimum atomic E-state index is 0.0371. The fourth-order valence-corrected chi connectivity index (χ4v) is 4.62. The monoisotopic (exact) mass is 340 g/mol. The summed E-state index contributed by atoms with van der Waals surface area (Å²) in [5.41, 5.74) is 0.795. The number of amides is 1. The molecule has 2 aliphatic heterocycles. The van der Waals surface area contributed by atoms with Crippen LogP contribution in [0.5, 0.6) is 0 Å². The quantitative estimate of drug-likeness (QED) is 0.853. The molecule has 1 N–H and O–H groups in total. The highest BCUT2D eigenvalue weighted by Crippen LogP contribution is 2.43. The van der Waals surface area contributed by atoms with Gasteiger partial charge in [-0.25, -0.2) is 0 Å². The minimum absolute atomic E-state index is 0.0371. The van der Waals surface area contributed by atoms with E-state index in [1.54, 1.807) is 0 Å². The lowest BCUT2D eigenvalue weighted by molar-refractivity contribution is 0.0635. The van der Waals surface area contributed by atoms with Gasteiger partial charge in [-0.3, -0.25) is 4.79 Å². The first-order valence-electron chi connectivity index (χ1n) is 6.63. The van der Waals surface area contributed by atoms with Crippen LogP contribution in [0.15, 0.2) is 28.7 Å². The summed E-state index contributed by atoms with van der Waals surface area (Å²) in [6.07, 6.45) is 2.11. The molecule has 0 radical (unpaired) electrons. The maximum absolute atomic E-state index is 12.7. The zero-order chi connectivity index (χ0) is 13.3. The van der Waals surface area contributed by atoms with Crippen LogP contribution in [0.2, 0.25) is 0 Å². The molecule has 19 heavy (non-hydrogen) atoms. The van der Waals surface area contributed by atoms with Gasteiger partial charge in [0.1, 0.15) is 0 Å². The lowest BCUT2D eigenvalue weighted by Gasteiger charge is -2.40. The van der Waals surface area contributed by atoms with Crippen LogP contribution >= 0.6 is 27.7 Å². The molecular weight excluding hydrogens is 324 g/mol. The van der Waals surface area contributed by atoms with Gasteiger partial charge in [-0.15, -0.1) is 11.8 Å². The largest absolute Gasteiger partial charge is 0.323 e. The summed E-state index contributed by atoms with van der Waals surface area (Å²) >= 11 is 5.37. The Morgan fingerprint density at radius 2 is 1.95 bits per heavy atom. The molecule has 0 saturated carbocycles. The number of nitrogens with zero attached hydrogens (tertiary/aromatic N) is 1. The molecule has 0 aromatic heterocycles. The first-order chi connectivity index (χ1) is 9.21. The average molecular weight is 341 g/mol. The van der Waals surface area contributed by atoms with Gasteiger partial charge in [0.2, 0.25) is 0 Å². The van der Waals surface area contributed by atoms with Crippen LogP contribution in [0.4, 0.5) is 0 Å². The lowest BCUT2D eigenvalue weighted by Crippen LogP contribution is -2.51. The molecule has 102 valence electrons. The van der Waals surface area contributed by atoms with E-state index in [1.807, 2.05) is 36.0 Å². The number of thioether (sulfide) groups is 1. The second-order valence-electron chi connectivity index (χ2n) is 5.01. The molecule has 2 fully saturated rings. The van der Waals surface area contributed by atoms with Gasteiger partial charge in [0.15, 0.2) is 0 Å². The van der Waals surface area contributed by atoms with Gasteiger partial charge in [-0.1, -0.05) is 15.9 Å². The highest BCUT2D eigenvalue weighted by Gasteiger charge is 2.45. The van der Waals surface area contributed by atoms with E-state index in [1.165, 1.54) is 0 Å². The van der Waals surface area contributed by atoms with Gasteiger partial charge < -0.3 is 10.2 Å². The number of nitrogens with one attached hydrogen (secondary N) is 1. The van der Waals surface area contributed by atoms with E-state index in [-0.39, 0.29) is 10.8 Å². The van der Waals surface area contributed by atoms with Crippen molar-refractivity contribution in [3.05, 3.63) is 34.3 Å².